The third-order valence-corrected chi connectivity index (χ3v) is 2.66. The predicted octanol–water partition coefficient (Wildman–Crippen LogP) is 0.224. The summed E-state index contributed by atoms with van der Waals surface area (Å²) in [5, 5.41) is 8.99. The molecule has 1 heterocycles. The van der Waals surface area contributed by atoms with Crippen LogP contribution in [0.15, 0.2) is 12.4 Å². The van der Waals surface area contributed by atoms with Crippen LogP contribution in [-0.2, 0) is 4.74 Å². The van der Waals surface area contributed by atoms with E-state index in [-0.39, 0.29) is 12.3 Å². The van der Waals surface area contributed by atoms with Gasteiger partial charge in [-0.2, -0.15) is 0 Å². The Balaban J connectivity index is 2.12. The van der Waals surface area contributed by atoms with E-state index in [0.29, 0.717) is 18.4 Å². The molecule has 0 unspecified atom stereocenters. The van der Waals surface area contributed by atoms with Crippen molar-refractivity contribution < 1.29 is 14.6 Å². The van der Waals surface area contributed by atoms with E-state index in [1.807, 2.05) is 4.90 Å². The van der Waals surface area contributed by atoms with Crippen molar-refractivity contribution in [1.29, 1.82) is 0 Å². The lowest BCUT2D eigenvalue weighted by Crippen LogP contribution is -2.30. The summed E-state index contributed by atoms with van der Waals surface area (Å²) in [4.78, 5) is 21.4. The number of anilines is 1. The molecule has 6 nitrogen and oxygen atoms in total. The van der Waals surface area contributed by atoms with Crippen LogP contribution in [0.2, 0.25) is 0 Å². The molecule has 1 fully saturated rings. The molecule has 1 N–H and O–H groups in total. The van der Waals surface area contributed by atoms with Gasteiger partial charge in [-0.1, -0.05) is 0 Å². The predicted molar refractivity (Wildman–Crippen MR) is 60.8 cm³/mol. The van der Waals surface area contributed by atoms with Crippen LogP contribution < -0.4 is 4.90 Å². The third-order valence-electron chi connectivity index (χ3n) is 2.66. The molecule has 92 valence electrons. The van der Waals surface area contributed by atoms with E-state index in [9.17, 15) is 4.79 Å². The SMILES string of the molecule is COC(=O)c1cnc(N(CCO)C2CC2)cn1. The number of aliphatic hydroxyl groups is 1. The summed E-state index contributed by atoms with van der Waals surface area (Å²) in [6.07, 6.45) is 5.16. The Bertz CT molecular complexity index is 389. The average Bonchev–Trinajstić information content (AvgIpc) is 3.19. The van der Waals surface area contributed by atoms with Crippen LogP contribution in [-0.4, -0.2) is 47.3 Å². The van der Waals surface area contributed by atoms with Crippen LogP contribution in [0.25, 0.3) is 0 Å². The van der Waals surface area contributed by atoms with E-state index in [1.165, 1.54) is 13.3 Å². The molecule has 1 aromatic rings. The fraction of sp³-hybridized carbons (Fsp3) is 0.545. The largest absolute Gasteiger partial charge is 0.464 e. The second kappa shape index (κ2) is 5.09. The van der Waals surface area contributed by atoms with E-state index < -0.39 is 5.97 Å². The van der Waals surface area contributed by atoms with Gasteiger partial charge in [-0.25, -0.2) is 14.8 Å². The Labute approximate surface area is 99.2 Å². The number of carbonyl (C=O) groups excluding carboxylic acids is 1. The van der Waals surface area contributed by atoms with E-state index in [4.69, 9.17) is 5.11 Å². The number of methoxy groups -OCH3 is 1. The van der Waals surface area contributed by atoms with Crippen molar-refractivity contribution in [1.82, 2.24) is 9.97 Å². The Morgan fingerprint density at radius 3 is 2.76 bits per heavy atom. The van der Waals surface area contributed by atoms with Crippen molar-refractivity contribution in [3.63, 3.8) is 0 Å². The zero-order valence-electron chi connectivity index (χ0n) is 9.67. The van der Waals surface area contributed by atoms with Crippen molar-refractivity contribution in [2.75, 3.05) is 25.2 Å². The Morgan fingerprint density at radius 1 is 1.53 bits per heavy atom. The second-order valence-corrected chi connectivity index (χ2v) is 3.90. The molecule has 1 aromatic heterocycles. The van der Waals surface area contributed by atoms with Gasteiger partial charge in [0, 0.05) is 12.6 Å². The minimum atomic E-state index is -0.496. The summed E-state index contributed by atoms with van der Waals surface area (Å²) in [5.41, 5.74) is 0.191. The van der Waals surface area contributed by atoms with Crippen LogP contribution in [0.5, 0.6) is 0 Å². The molecule has 1 aliphatic carbocycles. The number of hydrogen-bond acceptors (Lipinski definition) is 6. The van der Waals surface area contributed by atoms with Gasteiger partial charge in [-0.05, 0) is 12.8 Å². The summed E-state index contributed by atoms with van der Waals surface area (Å²) in [6, 6.07) is 0.445. The molecule has 6 heteroatoms. The number of esters is 1. The van der Waals surface area contributed by atoms with Crippen LogP contribution in [0.3, 0.4) is 0 Å². The number of hydrogen-bond donors (Lipinski definition) is 1. The molecule has 0 radical (unpaired) electrons. The topological polar surface area (TPSA) is 75.5 Å². The fourth-order valence-electron chi connectivity index (χ4n) is 1.66. The van der Waals surface area contributed by atoms with E-state index in [0.717, 1.165) is 12.8 Å². The highest BCUT2D eigenvalue weighted by molar-refractivity contribution is 5.86. The molecule has 1 aliphatic rings. The molecule has 2 rings (SSSR count). The normalized spacial score (nSPS) is 14.5. The fourth-order valence-corrected chi connectivity index (χ4v) is 1.66. The lowest BCUT2D eigenvalue weighted by molar-refractivity contribution is 0.0593. The monoisotopic (exact) mass is 237 g/mol. The van der Waals surface area contributed by atoms with Gasteiger partial charge >= 0.3 is 5.97 Å². The number of aromatic nitrogens is 2. The molecule has 0 atom stereocenters. The van der Waals surface area contributed by atoms with Gasteiger partial charge in [0.2, 0.25) is 0 Å². The van der Waals surface area contributed by atoms with Gasteiger partial charge < -0.3 is 14.7 Å². The molecule has 0 saturated heterocycles. The maximum absolute atomic E-state index is 11.2. The van der Waals surface area contributed by atoms with Crippen molar-refractivity contribution in [3.05, 3.63) is 18.1 Å². The summed E-state index contributed by atoms with van der Waals surface area (Å²) < 4.78 is 4.55. The van der Waals surface area contributed by atoms with Crippen molar-refractivity contribution in [2.24, 2.45) is 0 Å². The van der Waals surface area contributed by atoms with E-state index in [1.54, 1.807) is 6.20 Å². The molecule has 0 bridgehead atoms. The zero-order valence-corrected chi connectivity index (χ0v) is 9.67. The second-order valence-electron chi connectivity index (χ2n) is 3.90. The van der Waals surface area contributed by atoms with E-state index in [2.05, 4.69) is 14.7 Å². The first-order chi connectivity index (χ1) is 8.26. The average molecular weight is 237 g/mol. The Morgan fingerprint density at radius 2 is 2.29 bits per heavy atom. The maximum atomic E-state index is 11.2. The first kappa shape index (κ1) is 11.8. The molecule has 0 aromatic carbocycles. The zero-order chi connectivity index (χ0) is 12.3. The molecule has 1 saturated carbocycles. The highest BCUT2D eigenvalue weighted by Crippen LogP contribution is 2.29. The summed E-state index contributed by atoms with van der Waals surface area (Å²) in [6.45, 7) is 0.619. The van der Waals surface area contributed by atoms with Crippen LogP contribution in [0.4, 0.5) is 5.82 Å². The van der Waals surface area contributed by atoms with E-state index >= 15 is 0 Å². The first-order valence-corrected chi connectivity index (χ1v) is 5.54. The highest BCUT2D eigenvalue weighted by atomic mass is 16.5. The van der Waals surface area contributed by atoms with Crippen molar-refractivity contribution in [2.45, 2.75) is 18.9 Å². The first-order valence-electron chi connectivity index (χ1n) is 5.54. The smallest absolute Gasteiger partial charge is 0.358 e. The summed E-state index contributed by atoms with van der Waals surface area (Å²) in [7, 11) is 1.31. The van der Waals surface area contributed by atoms with Crippen molar-refractivity contribution in [3.8, 4) is 0 Å². The lowest BCUT2D eigenvalue weighted by atomic mass is 10.4. The van der Waals surface area contributed by atoms with Gasteiger partial charge in [0.05, 0.1) is 26.1 Å². The standard InChI is InChI=1S/C11H15N3O3/c1-17-11(16)9-6-13-10(7-12-9)14(4-5-15)8-2-3-8/h6-8,15H,2-5H2,1H3. The number of carbonyl (C=O) groups is 1. The third kappa shape index (κ3) is 2.71. The molecular weight excluding hydrogens is 222 g/mol. The van der Waals surface area contributed by atoms with Crippen molar-refractivity contribution >= 4 is 11.8 Å². The van der Waals surface area contributed by atoms with Crippen LogP contribution in [0.1, 0.15) is 23.3 Å². The molecule has 0 amide bonds. The van der Waals surface area contributed by atoms with Gasteiger partial charge in [0.15, 0.2) is 5.69 Å². The van der Waals surface area contributed by atoms with Gasteiger partial charge in [-0.15, -0.1) is 0 Å². The summed E-state index contributed by atoms with van der Waals surface area (Å²) >= 11 is 0. The molecule has 0 aliphatic heterocycles. The Kier molecular flexibility index (Phi) is 3.53. The molecular formula is C11H15N3O3. The minimum absolute atomic E-state index is 0.0803. The molecule has 0 spiro atoms. The number of nitrogens with zero attached hydrogens (tertiary/aromatic N) is 3. The number of rotatable bonds is 5. The van der Waals surface area contributed by atoms with Crippen LogP contribution >= 0.6 is 0 Å². The lowest BCUT2D eigenvalue weighted by Gasteiger charge is -2.21. The van der Waals surface area contributed by atoms with Gasteiger partial charge in [-0.3, -0.25) is 0 Å². The number of ether oxygens (including phenoxy) is 1. The summed E-state index contributed by atoms with van der Waals surface area (Å²) in [5.74, 6) is 0.193. The Hall–Kier alpha value is -1.69. The minimum Gasteiger partial charge on any atom is -0.464 e. The van der Waals surface area contributed by atoms with Crippen LogP contribution in [0, 0.1) is 0 Å². The number of aliphatic hydroxyl groups excluding tert-OH is 1. The highest BCUT2D eigenvalue weighted by Gasteiger charge is 2.29. The maximum Gasteiger partial charge on any atom is 0.358 e. The quantitative estimate of drug-likeness (QED) is 0.738. The molecule has 17 heavy (non-hydrogen) atoms. The van der Waals surface area contributed by atoms with Gasteiger partial charge in [0.1, 0.15) is 5.82 Å². The van der Waals surface area contributed by atoms with Gasteiger partial charge in [0.25, 0.3) is 0 Å².